The Morgan fingerprint density at radius 1 is 1.24 bits per heavy atom. The zero-order chi connectivity index (χ0) is 21.8. The molecular weight excluding hydrogens is 368 g/mol. The van der Waals surface area contributed by atoms with Gasteiger partial charge in [-0.25, -0.2) is 10.0 Å². The van der Waals surface area contributed by atoms with Crippen molar-refractivity contribution < 1.29 is 9.59 Å². The van der Waals surface area contributed by atoms with Crippen LogP contribution < -0.4 is 5.32 Å². The number of hydrogen-bond donors (Lipinski definition) is 1. The molecule has 154 valence electrons. The number of hydrazine groups is 1. The minimum atomic E-state index is -0.835. The number of rotatable bonds is 6. The van der Waals surface area contributed by atoms with E-state index in [2.05, 4.69) is 10.4 Å². The van der Waals surface area contributed by atoms with Crippen LogP contribution in [0, 0.1) is 11.5 Å². The molecule has 29 heavy (non-hydrogen) atoms. The Morgan fingerprint density at radius 3 is 2.38 bits per heavy atom. The van der Waals surface area contributed by atoms with Crippen LogP contribution in [0.1, 0.15) is 42.5 Å². The van der Waals surface area contributed by atoms with Gasteiger partial charge in [0.05, 0.1) is 5.69 Å². The lowest BCUT2D eigenvalue weighted by Crippen LogP contribution is -2.52. The molecular formula is C21H28N6O2. The van der Waals surface area contributed by atoms with Gasteiger partial charge < -0.3 is 5.32 Å². The quantitative estimate of drug-likeness (QED) is 0.457. The summed E-state index contributed by atoms with van der Waals surface area (Å²) in [6.45, 7) is 6.06. The first-order chi connectivity index (χ1) is 13.5. The molecule has 0 unspecified atom stereocenters. The molecule has 8 nitrogen and oxygen atoms in total. The number of amides is 2. The number of likely N-dealkylation sites (N-methyl/N-ethyl adjacent to an activating group) is 1. The lowest BCUT2D eigenvalue weighted by Gasteiger charge is -2.28. The van der Waals surface area contributed by atoms with Crippen LogP contribution in [0.15, 0.2) is 36.4 Å². The van der Waals surface area contributed by atoms with E-state index in [1.807, 2.05) is 57.3 Å². The summed E-state index contributed by atoms with van der Waals surface area (Å²) >= 11 is 0. The monoisotopic (exact) mass is 396 g/mol. The number of carbonyl (C=O) groups excluding carboxylic acids is 2. The zero-order valence-electron chi connectivity index (χ0n) is 17.8. The van der Waals surface area contributed by atoms with Gasteiger partial charge in [0.15, 0.2) is 6.19 Å². The first kappa shape index (κ1) is 22.0. The Labute approximate surface area is 171 Å². The molecule has 1 heterocycles. The number of aryl methyl sites for hydroxylation is 1. The summed E-state index contributed by atoms with van der Waals surface area (Å²) in [5.74, 6) is -0.776. The highest BCUT2D eigenvalue weighted by Crippen LogP contribution is 2.21. The second-order valence-corrected chi connectivity index (χ2v) is 7.99. The molecule has 0 spiro atoms. The Kier molecular flexibility index (Phi) is 6.64. The van der Waals surface area contributed by atoms with Gasteiger partial charge in [0.25, 0.3) is 11.8 Å². The van der Waals surface area contributed by atoms with E-state index in [0.29, 0.717) is 12.1 Å². The van der Waals surface area contributed by atoms with Gasteiger partial charge in [0.1, 0.15) is 11.7 Å². The molecule has 1 aromatic heterocycles. The van der Waals surface area contributed by atoms with E-state index < -0.39 is 11.9 Å². The summed E-state index contributed by atoms with van der Waals surface area (Å²) in [4.78, 5) is 25.9. The molecule has 0 saturated heterocycles. The highest BCUT2D eigenvalue weighted by molar-refractivity contribution is 5.96. The SMILES string of the molecule is CN(C#N)N(C)C(=O)[C@H](Cc1ccccc1)NC(=O)c1cc(C(C)(C)C)nn1C. The maximum atomic E-state index is 13.0. The summed E-state index contributed by atoms with van der Waals surface area (Å²) in [5, 5.41) is 18.6. The van der Waals surface area contributed by atoms with Gasteiger partial charge in [-0.2, -0.15) is 10.4 Å². The summed E-state index contributed by atoms with van der Waals surface area (Å²) < 4.78 is 1.52. The molecule has 0 aliphatic rings. The molecule has 0 fully saturated rings. The van der Waals surface area contributed by atoms with Crippen LogP contribution >= 0.6 is 0 Å². The third-order valence-corrected chi connectivity index (χ3v) is 4.68. The van der Waals surface area contributed by atoms with Crippen molar-refractivity contribution in [3.05, 3.63) is 53.3 Å². The average molecular weight is 396 g/mol. The summed E-state index contributed by atoms with van der Waals surface area (Å²) in [5.41, 5.74) is 1.86. The van der Waals surface area contributed by atoms with Gasteiger partial charge in [0.2, 0.25) is 0 Å². The van der Waals surface area contributed by atoms with Crippen molar-refractivity contribution in [2.45, 2.75) is 38.6 Å². The molecule has 8 heteroatoms. The lowest BCUT2D eigenvalue weighted by molar-refractivity contribution is -0.141. The van der Waals surface area contributed by atoms with Crippen molar-refractivity contribution in [3.8, 4) is 6.19 Å². The number of nitriles is 1. The fourth-order valence-electron chi connectivity index (χ4n) is 2.77. The molecule has 2 amide bonds. The molecule has 0 aliphatic heterocycles. The van der Waals surface area contributed by atoms with Crippen LogP contribution in [0.2, 0.25) is 0 Å². The normalized spacial score (nSPS) is 12.0. The number of carbonyl (C=O) groups is 2. The maximum absolute atomic E-state index is 13.0. The molecule has 2 rings (SSSR count). The Balaban J connectivity index is 2.29. The number of aromatic nitrogens is 2. The Bertz CT molecular complexity index is 907. The fourth-order valence-corrected chi connectivity index (χ4v) is 2.77. The standard InChI is InChI=1S/C21H28N6O2/c1-21(2,3)18-13-17(26(5)24-18)19(28)23-16(12-15-10-8-7-9-11-15)20(29)27(6)25(4)14-22/h7-11,13,16H,12H2,1-6H3,(H,23,28)/t16-/m0/s1. The van der Waals surface area contributed by atoms with Crippen molar-refractivity contribution in [2.75, 3.05) is 14.1 Å². The van der Waals surface area contributed by atoms with Gasteiger partial charge in [-0.3, -0.25) is 14.3 Å². The fraction of sp³-hybridized carbons (Fsp3) is 0.429. The van der Waals surface area contributed by atoms with Crippen LogP contribution in [0.4, 0.5) is 0 Å². The van der Waals surface area contributed by atoms with E-state index in [9.17, 15) is 9.59 Å². The third kappa shape index (κ3) is 5.35. The van der Waals surface area contributed by atoms with Crippen molar-refractivity contribution in [2.24, 2.45) is 7.05 Å². The Hall–Kier alpha value is -3.34. The first-order valence-corrected chi connectivity index (χ1v) is 9.35. The molecule has 1 atom stereocenters. The second kappa shape index (κ2) is 8.78. The molecule has 0 radical (unpaired) electrons. The highest BCUT2D eigenvalue weighted by Gasteiger charge is 2.29. The molecule has 2 aromatic rings. The second-order valence-electron chi connectivity index (χ2n) is 7.99. The van der Waals surface area contributed by atoms with E-state index in [0.717, 1.165) is 16.3 Å². The largest absolute Gasteiger partial charge is 0.338 e. The van der Waals surface area contributed by atoms with Crippen molar-refractivity contribution in [1.82, 2.24) is 25.1 Å². The summed E-state index contributed by atoms with van der Waals surface area (Å²) in [6.07, 6.45) is 2.19. The molecule has 1 aromatic carbocycles. The highest BCUT2D eigenvalue weighted by atomic mass is 16.2. The molecule has 1 N–H and O–H groups in total. The van der Waals surface area contributed by atoms with Gasteiger partial charge >= 0.3 is 0 Å². The van der Waals surface area contributed by atoms with Crippen molar-refractivity contribution in [1.29, 1.82) is 5.26 Å². The van der Waals surface area contributed by atoms with Gasteiger partial charge in [0, 0.05) is 33.0 Å². The summed E-state index contributed by atoms with van der Waals surface area (Å²) in [6, 6.07) is 10.3. The van der Waals surface area contributed by atoms with Crippen LogP contribution in [-0.4, -0.2) is 51.7 Å². The van der Waals surface area contributed by atoms with Crippen LogP contribution in [-0.2, 0) is 23.7 Å². The average Bonchev–Trinajstić information content (AvgIpc) is 3.08. The third-order valence-electron chi connectivity index (χ3n) is 4.68. The van der Waals surface area contributed by atoms with Crippen LogP contribution in [0.3, 0.4) is 0 Å². The van der Waals surface area contributed by atoms with Crippen molar-refractivity contribution >= 4 is 11.8 Å². The predicted molar refractivity (Wildman–Crippen MR) is 109 cm³/mol. The maximum Gasteiger partial charge on any atom is 0.270 e. The Morgan fingerprint density at radius 2 is 1.86 bits per heavy atom. The smallest absolute Gasteiger partial charge is 0.270 e. The summed E-state index contributed by atoms with van der Waals surface area (Å²) in [7, 11) is 4.68. The van der Waals surface area contributed by atoms with Gasteiger partial charge in [-0.15, -0.1) is 0 Å². The minimum Gasteiger partial charge on any atom is -0.338 e. The number of hydrogen-bond acceptors (Lipinski definition) is 5. The lowest BCUT2D eigenvalue weighted by atomic mass is 9.92. The molecule has 0 aliphatic carbocycles. The number of nitrogens with zero attached hydrogens (tertiary/aromatic N) is 5. The van der Waals surface area contributed by atoms with Crippen LogP contribution in [0.5, 0.6) is 0 Å². The molecule has 0 bridgehead atoms. The minimum absolute atomic E-state index is 0.203. The van der Waals surface area contributed by atoms with E-state index in [1.165, 1.54) is 23.8 Å². The first-order valence-electron chi connectivity index (χ1n) is 9.35. The van der Waals surface area contributed by atoms with Crippen LogP contribution in [0.25, 0.3) is 0 Å². The van der Waals surface area contributed by atoms with Gasteiger partial charge in [-0.05, 0) is 11.6 Å². The number of benzene rings is 1. The zero-order valence-corrected chi connectivity index (χ0v) is 17.8. The predicted octanol–water partition coefficient (Wildman–Crippen LogP) is 1.84. The van der Waals surface area contributed by atoms with Crippen molar-refractivity contribution in [3.63, 3.8) is 0 Å². The molecule has 0 saturated carbocycles. The van der Waals surface area contributed by atoms with E-state index in [-0.39, 0.29) is 11.3 Å². The van der Waals surface area contributed by atoms with E-state index in [1.54, 1.807) is 13.1 Å². The van der Waals surface area contributed by atoms with Gasteiger partial charge in [-0.1, -0.05) is 51.1 Å². The van der Waals surface area contributed by atoms with E-state index >= 15 is 0 Å². The van der Waals surface area contributed by atoms with E-state index in [4.69, 9.17) is 5.26 Å². The topological polar surface area (TPSA) is 94.3 Å². The number of nitrogens with one attached hydrogen (secondary N) is 1.